The van der Waals surface area contributed by atoms with Crippen LogP contribution in [0.3, 0.4) is 0 Å². The number of ether oxygens (including phenoxy) is 4. The van der Waals surface area contributed by atoms with E-state index in [2.05, 4.69) is 0 Å². The van der Waals surface area contributed by atoms with Crippen LogP contribution in [0.4, 0.5) is 0 Å². The molecule has 22 heavy (non-hydrogen) atoms. The SMILES string of the molecule is COc1cc(OC)cc(OC2OC(CO)C(O)C(O)C2O)c1. The first kappa shape index (κ1) is 16.8. The van der Waals surface area contributed by atoms with Gasteiger partial charge in [0.15, 0.2) is 0 Å². The first-order chi connectivity index (χ1) is 10.5. The minimum absolute atomic E-state index is 0.278. The monoisotopic (exact) mass is 316 g/mol. The molecule has 1 aromatic carbocycles. The molecular weight excluding hydrogens is 296 g/mol. The highest BCUT2D eigenvalue weighted by Gasteiger charge is 2.44. The lowest BCUT2D eigenvalue weighted by atomic mass is 9.99. The number of hydrogen-bond donors (Lipinski definition) is 4. The summed E-state index contributed by atoms with van der Waals surface area (Å²) in [4.78, 5) is 0. The molecule has 0 bridgehead atoms. The van der Waals surface area contributed by atoms with E-state index in [1.807, 2.05) is 0 Å². The molecule has 1 fully saturated rings. The van der Waals surface area contributed by atoms with Crippen molar-refractivity contribution in [1.29, 1.82) is 0 Å². The molecule has 8 heteroatoms. The predicted octanol–water partition coefficient (Wildman–Crippen LogP) is -1.12. The van der Waals surface area contributed by atoms with Gasteiger partial charge in [0.2, 0.25) is 6.29 Å². The van der Waals surface area contributed by atoms with Crippen molar-refractivity contribution in [2.75, 3.05) is 20.8 Å². The minimum Gasteiger partial charge on any atom is -0.496 e. The summed E-state index contributed by atoms with van der Waals surface area (Å²) in [5.74, 6) is 1.22. The van der Waals surface area contributed by atoms with Crippen LogP contribution < -0.4 is 14.2 Å². The summed E-state index contributed by atoms with van der Waals surface area (Å²) in [5.41, 5.74) is 0. The Balaban J connectivity index is 2.18. The molecule has 1 saturated heterocycles. The van der Waals surface area contributed by atoms with E-state index < -0.39 is 37.3 Å². The van der Waals surface area contributed by atoms with Gasteiger partial charge in [-0.2, -0.15) is 0 Å². The second kappa shape index (κ2) is 7.12. The van der Waals surface area contributed by atoms with Crippen molar-refractivity contribution in [3.63, 3.8) is 0 Å². The van der Waals surface area contributed by atoms with Crippen LogP contribution in [0.5, 0.6) is 17.2 Å². The lowest BCUT2D eigenvalue weighted by Gasteiger charge is -2.39. The van der Waals surface area contributed by atoms with Crippen LogP contribution in [0, 0.1) is 0 Å². The van der Waals surface area contributed by atoms with Gasteiger partial charge in [-0.25, -0.2) is 0 Å². The molecule has 0 aliphatic carbocycles. The van der Waals surface area contributed by atoms with E-state index in [0.717, 1.165) is 0 Å². The number of rotatable bonds is 5. The molecule has 8 nitrogen and oxygen atoms in total. The van der Waals surface area contributed by atoms with Gasteiger partial charge >= 0.3 is 0 Å². The molecule has 1 aliphatic rings. The van der Waals surface area contributed by atoms with Crippen LogP contribution in [0.25, 0.3) is 0 Å². The Morgan fingerprint density at radius 2 is 1.45 bits per heavy atom. The fourth-order valence-corrected chi connectivity index (χ4v) is 2.15. The number of benzene rings is 1. The summed E-state index contributed by atoms with van der Waals surface area (Å²) in [6.45, 7) is -0.522. The summed E-state index contributed by atoms with van der Waals surface area (Å²) in [6, 6.07) is 4.73. The fourth-order valence-electron chi connectivity index (χ4n) is 2.15. The van der Waals surface area contributed by atoms with Gasteiger partial charge in [0.25, 0.3) is 0 Å². The van der Waals surface area contributed by atoms with E-state index >= 15 is 0 Å². The van der Waals surface area contributed by atoms with Gasteiger partial charge in [0, 0.05) is 18.2 Å². The van der Waals surface area contributed by atoms with Gasteiger partial charge in [-0.15, -0.1) is 0 Å². The molecule has 0 amide bonds. The van der Waals surface area contributed by atoms with Crippen LogP contribution >= 0.6 is 0 Å². The maximum Gasteiger partial charge on any atom is 0.229 e. The van der Waals surface area contributed by atoms with Crippen molar-refractivity contribution in [3.05, 3.63) is 18.2 Å². The molecule has 5 atom stereocenters. The van der Waals surface area contributed by atoms with Crippen LogP contribution in [-0.2, 0) is 4.74 Å². The quantitative estimate of drug-likeness (QED) is 0.540. The predicted molar refractivity (Wildman–Crippen MR) is 73.9 cm³/mol. The normalized spacial score (nSPS) is 31.6. The third-order valence-corrected chi connectivity index (χ3v) is 3.43. The average Bonchev–Trinajstić information content (AvgIpc) is 2.54. The summed E-state index contributed by atoms with van der Waals surface area (Å²) in [5, 5.41) is 38.5. The molecule has 1 heterocycles. The highest BCUT2D eigenvalue weighted by Crippen LogP contribution is 2.30. The molecular formula is C14H20O8. The molecule has 124 valence electrons. The van der Waals surface area contributed by atoms with Crippen LogP contribution in [0.2, 0.25) is 0 Å². The van der Waals surface area contributed by atoms with Gasteiger partial charge < -0.3 is 39.4 Å². The highest BCUT2D eigenvalue weighted by molar-refractivity contribution is 5.42. The zero-order valence-corrected chi connectivity index (χ0v) is 12.2. The third-order valence-electron chi connectivity index (χ3n) is 3.43. The first-order valence-corrected chi connectivity index (χ1v) is 6.70. The topological polar surface area (TPSA) is 118 Å². The number of methoxy groups -OCH3 is 2. The van der Waals surface area contributed by atoms with E-state index in [4.69, 9.17) is 24.1 Å². The standard InChI is InChI=1S/C14H20O8/c1-19-7-3-8(20-2)5-9(4-7)21-14-13(18)12(17)11(16)10(6-15)22-14/h3-5,10-18H,6H2,1-2H3. The Hall–Kier alpha value is -1.58. The summed E-state index contributed by atoms with van der Waals surface area (Å²) in [6.07, 6.45) is -6.69. The Morgan fingerprint density at radius 1 is 0.909 bits per heavy atom. The lowest BCUT2D eigenvalue weighted by Crippen LogP contribution is -2.60. The second-order valence-electron chi connectivity index (χ2n) is 4.86. The smallest absolute Gasteiger partial charge is 0.229 e. The van der Waals surface area contributed by atoms with E-state index in [0.29, 0.717) is 11.5 Å². The average molecular weight is 316 g/mol. The van der Waals surface area contributed by atoms with Crippen molar-refractivity contribution in [3.8, 4) is 17.2 Å². The largest absolute Gasteiger partial charge is 0.496 e. The van der Waals surface area contributed by atoms with E-state index in [-0.39, 0.29) is 5.75 Å². The molecule has 0 aromatic heterocycles. The maximum absolute atomic E-state index is 9.93. The van der Waals surface area contributed by atoms with Crippen molar-refractivity contribution >= 4 is 0 Å². The minimum atomic E-state index is -1.50. The van der Waals surface area contributed by atoms with Gasteiger partial charge in [0.05, 0.1) is 20.8 Å². The Kier molecular flexibility index (Phi) is 5.43. The van der Waals surface area contributed by atoms with Crippen LogP contribution in [0.1, 0.15) is 0 Å². The fraction of sp³-hybridized carbons (Fsp3) is 0.571. The third kappa shape index (κ3) is 3.42. The second-order valence-corrected chi connectivity index (χ2v) is 4.86. The molecule has 0 radical (unpaired) electrons. The highest BCUT2D eigenvalue weighted by atomic mass is 16.7. The number of hydrogen-bond acceptors (Lipinski definition) is 8. The molecule has 0 spiro atoms. The number of aliphatic hydroxyl groups is 4. The van der Waals surface area contributed by atoms with Crippen molar-refractivity contribution in [2.45, 2.75) is 30.7 Å². The molecule has 1 aromatic rings. The van der Waals surface area contributed by atoms with Crippen molar-refractivity contribution in [2.24, 2.45) is 0 Å². The van der Waals surface area contributed by atoms with E-state index in [9.17, 15) is 15.3 Å². The Morgan fingerprint density at radius 3 is 1.95 bits per heavy atom. The van der Waals surface area contributed by atoms with Crippen LogP contribution in [0.15, 0.2) is 18.2 Å². The van der Waals surface area contributed by atoms with Gasteiger partial charge in [-0.1, -0.05) is 0 Å². The van der Waals surface area contributed by atoms with E-state index in [1.54, 1.807) is 18.2 Å². The summed E-state index contributed by atoms with van der Waals surface area (Å²) >= 11 is 0. The number of aliphatic hydroxyl groups excluding tert-OH is 4. The Bertz CT molecular complexity index is 469. The van der Waals surface area contributed by atoms with Crippen LogP contribution in [-0.4, -0.2) is 72.0 Å². The maximum atomic E-state index is 9.93. The van der Waals surface area contributed by atoms with Gasteiger partial charge in [-0.05, 0) is 0 Å². The zero-order valence-electron chi connectivity index (χ0n) is 12.2. The first-order valence-electron chi connectivity index (χ1n) is 6.70. The van der Waals surface area contributed by atoms with E-state index in [1.165, 1.54) is 14.2 Å². The molecule has 1 aliphatic heterocycles. The van der Waals surface area contributed by atoms with Gasteiger partial charge in [-0.3, -0.25) is 0 Å². The molecule has 5 unspecified atom stereocenters. The summed E-state index contributed by atoms with van der Waals surface area (Å²) < 4.78 is 21.0. The summed E-state index contributed by atoms with van der Waals surface area (Å²) in [7, 11) is 2.96. The molecule has 4 N–H and O–H groups in total. The van der Waals surface area contributed by atoms with Gasteiger partial charge in [0.1, 0.15) is 41.7 Å². The zero-order chi connectivity index (χ0) is 16.3. The Labute approximate surface area is 127 Å². The lowest BCUT2D eigenvalue weighted by molar-refractivity contribution is -0.277. The van der Waals surface area contributed by atoms with Crippen molar-refractivity contribution in [1.82, 2.24) is 0 Å². The van der Waals surface area contributed by atoms with Crippen molar-refractivity contribution < 1.29 is 39.4 Å². The molecule has 0 saturated carbocycles. The molecule has 2 rings (SSSR count).